The van der Waals surface area contributed by atoms with Crippen molar-refractivity contribution >= 4 is 17.5 Å². The van der Waals surface area contributed by atoms with Crippen molar-refractivity contribution in [3.8, 4) is 17.1 Å². The fourth-order valence-corrected chi connectivity index (χ4v) is 4.77. The molecule has 3 atom stereocenters. The molecule has 1 saturated carbocycles. The zero-order chi connectivity index (χ0) is 23.2. The maximum atomic E-state index is 14.0. The van der Waals surface area contributed by atoms with E-state index in [9.17, 15) is 9.90 Å². The van der Waals surface area contributed by atoms with E-state index in [2.05, 4.69) is 4.98 Å². The molecule has 0 radical (unpaired) electrons. The molecule has 3 aromatic rings. The van der Waals surface area contributed by atoms with Crippen LogP contribution in [0, 0.1) is 0 Å². The van der Waals surface area contributed by atoms with Gasteiger partial charge in [-0.2, -0.15) is 0 Å². The van der Waals surface area contributed by atoms with Crippen LogP contribution in [0.2, 0.25) is 0 Å². The molecule has 0 saturated heterocycles. The van der Waals surface area contributed by atoms with E-state index < -0.39 is 11.8 Å². The first kappa shape index (κ1) is 21.4. The molecule has 5 rings (SSSR count). The van der Waals surface area contributed by atoms with E-state index in [-0.39, 0.29) is 12.1 Å². The number of aromatic nitrogens is 2. The summed E-state index contributed by atoms with van der Waals surface area (Å²) in [6, 6.07) is 16.4. The van der Waals surface area contributed by atoms with E-state index in [1.165, 1.54) is 0 Å². The van der Waals surface area contributed by atoms with Crippen LogP contribution >= 0.6 is 0 Å². The number of nitrogens with zero attached hydrogens (tertiary/aromatic N) is 4. The van der Waals surface area contributed by atoms with E-state index in [1.807, 2.05) is 42.5 Å². The van der Waals surface area contributed by atoms with Gasteiger partial charge in [0, 0.05) is 23.5 Å². The quantitative estimate of drug-likeness (QED) is 0.635. The number of anilines is 2. The summed E-state index contributed by atoms with van der Waals surface area (Å²) in [4.78, 5) is 26.7. The number of methoxy groups -OCH3 is 1. The van der Waals surface area contributed by atoms with Crippen molar-refractivity contribution in [1.82, 2.24) is 9.97 Å². The molecule has 2 aromatic carbocycles. The Morgan fingerprint density at radius 3 is 2.48 bits per heavy atom. The first-order valence-corrected chi connectivity index (χ1v) is 11.1. The minimum atomic E-state index is -1.18. The van der Waals surface area contributed by atoms with Gasteiger partial charge in [0.15, 0.2) is 5.82 Å². The van der Waals surface area contributed by atoms with Crippen molar-refractivity contribution in [2.24, 2.45) is 5.73 Å². The van der Waals surface area contributed by atoms with Crippen molar-refractivity contribution in [3.63, 3.8) is 0 Å². The average Bonchev–Trinajstić information content (AvgIpc) is 3.25. The Bertz CT molecular complexity index is 1170. The van der Waals surface area contributed by atoms with Gasteiger partial charge in [-0.15, -0.1) is 0 Å². The number of rotatable bonds is 4. The number of ether oxygens (including phenoxy) is 1. The highest BCUT2D eigenvalue weighted by Gasteiger charge is 2.49. The highest BCUT2D eigenvalue weighted by atomic mass is 16.5. The number of amides is 2. The molecular weight excluding hydrogens is 418 g/mol. The third-order valence-electron chi connectivity index (χ3n) is 6.51. The Morgan fingerprint density at radius 1 is 1.12 bits per heavy atom. The van der Waals surface area contributed by atoms with E-state index >= 15 is 0 Å². The zero-order valence-electron chi connectivity index (χ0n) is 18.7. The van der Waals surface area contributed by atoms with Crippen molar-refractivity contribution in [2.75, 3.05) is 16.9 Å². The molecule has 0 unspecified atom stereocenters. The molecule has 1 aliphatic heterocycles. The fraction of sp³-hybridized carbons (Fsp3) is 0.320. The van der Waals surface area contributed by atoms with E-state index in [4.69, 9.17) is 15.5 Å². The zero-order valence-corrected chi connectivity index (χ0v) is 18.7. The lowest BCUT2D eigenvalue weighted by Gasteiger charge is -2.48. The van der Waals surface area contributed by atoms with Crippen molar-refractivity contribution in [3.05, 3.63) is 66.4 Å². The normalized spacial score (nSPS) is 24.7. The Kier molecular flexibility index (Phi) is 5.26. The SMILES string of the molecule is COc1ccc(N2C(=O)N([C@@H]3CC[C@@H](O)C3)c3nc(-c4ccccc4)ncc3[C@@]2(C)N)cc1. The lowest BCUT2D eigenvalue weighted by molar-refractivity contribution is 0.180. The summed E-state index contributed by atoms with van der Waals surface area (Å²) in [5.74, 6) is 1.72. The van der Waals surface area contributed by atoms with E-state index in [0.717, 1.165) is 5.56 Å². The monoisotopic (exact) mass is 445 g/mol. The molecule has 2 aliphatic rings. The summed E-state index contributed by atoms with van der Waals surface area (Å²) in [5.41, 5.74) is 7.80. The van der Waals surface area contributed by atoms with Gasteiger partial charge < -0.3 is 15.6 Å². The van der Waals surface area contributed by atoms with Crippen LogP contribution in [-0.2, 0) is 5.66 Å². The molecule has 33 heavy (non-hydrogen) atoms. The number of hydrogen-bond acceptors (Lipinski definition) is 6. The molecule has 1 fully saturated rings. The molecule has 3 N–H and O–H groups in total. The molecule has 0 bridgehead atoms. The predicted octanol–water partition coefficient (Wildman–Crippen LogP) is 3.64. The Hall–Kier alpha value is -3.49. The summed E-state index contributed by atoms with van der Waals surface area (Å²) in [6.07, 6.45) is 3.10. The van der Waals surface area contributed by atoms with Crippen LogP contribution in [0.4, 0.5) is 16.3 Å². The lowest BCUT2D eigenvalue weighted by Crippen LogP contribution is -2.64. The fourth-order valence-electron chi connectivity index (χ4n) is 4.77. The van der Waals surface area contributed by atoms with Gasteiger partial charge >= 0.3 is 6.03 Å². The summed E-state index contributed by atoms with van der Waals surface area (Å²) >= 11 is 0. The maximum absolute atomic E-state index is 14.0. The smallest absolute Gasteiger partial charge is 0.332 e. The number of fused-ring (bicyclic) bond motifs is 1. The highest BCUT2D eigenvalue weighted by molar-refractivity contribution is 6.07. The molecule has 2 heterocycles. The molecule has 170 valence electrons. The highest BCUT2D eigenvalue weighted by Crippen LogP contribution is 2.43. The largest absolute Gasteiger partial charge is 0.497 e. The number of aliphatic hydroxyl groups is 1. The van der Waals surface area contributed by atoms with Gasteiger partial charge in [-0.3, -0.25) is 9.80 Å². The van der Waals surface area contributed by atoms with Crippen LogP contribution in [-0.4, -0.2) is 40.4 Å². The molecule has 8 nitrogen and oxygen atoms in total. The molecule has 8 heteroatoms. The van der Waals surface area contributed by atoms with Gasteiger partial charge in [0.2, 0.25) is 0 Å². The maximum Gasteiger partial charge on any atom is 0.332 e. The number of aliphatic hydroxyl groups excluding tert-OH is 1. The van der Waals surface area contributed by atoms with Gasteiger partial charge in [-0.05, 0) is 50.5 Å². The Morgan fingerprint density at radius 2 is 1.85 bits per heavy atom. The third-order valence-corrected chi connectivity index (χ3v) is 6.51. The second kappa shape index (κ2) is 8.13. The van der Waals surface area contributed by atoms with Gasteiger partial charge in [0.25, 0.3) is 0 Å². The van der Waals surface area contributed by atoms with Crippen LogP contribution in [0.1, 0.15) is 31.7 Å². The summed E-state index contributed by atoms with van der Waals surface area (Å²) in [6.45, 7) is 1.79. The number of urea groups is 1. The van der Waals surface area contributed by atoms with Gasteiger partial charge in [0.1, 0.15) is 17.2 Å². The summed E-state index contributed by atoms with van der Waals surface area (Å²) in [5, 5.41) is 10.2. The van der Waals surface area contributed by atoms with E-state index in [1.54, 1.807) is 42.2 Å². The Labute approximate surface area is 192 Å². The van der Waals surface area contributed by atoms with Gasteiger partial charge in [-0.1, -0.05) is 30.3 Å². The number of nitrogens with two attached hydrogens (primary N) is 1. The second-order valence-electron chi connectivity index (χ2n) is 8.75. The third kappa shape index (κ3) is 3.61. The second-order valence-corrected chi connectivity index (χ2v) is 8.75. The van der Waals surface area contributed by atoms with Crippen LogP contribution in [0.15, 0.2) is 60.8 Å². The van der Waals surface area contributed by atoms with Gasteiger partial charge in [0.05, 0.1) is 18.8 Å². The standard InChI is InChI=1S/C25H27N5O3/c1-25(26)21-15-27-22(16-6-4-3-5-7-16)28-23(21)29(18-8-11-19(31)14-18)24(32)30(25)17-9-12-20(33-2)13-10-17/h3-7,9-10,12-13,15,18-19,31H,8,11,14,26H2,1-2H3/t18-,19-,25+/m1/s1. The molecule has 2 amide bonds. The molecular formula is C25H27N5O3. The number of carbonyl (C=O) groups excluding carboxylic acids is 1. The number of benzene rings is 2. The number of carbonyl (C=O) groups is 1. The first-order chi connectivity index (χ1) is 15.9. The summed E-state index contributed by atoms with van der Waals surface area (Å²) in [7, 11) is 1.60. The van der Waals surface area contributed by atoms with Crippen molar-refractivity contribution in [1.29, 1.82) is 0 Å². The van der Waals surface area contributed by atoms with Gasteiger partial charge in [-0.25, -0.2) is 14.8 Å². The average molecular weight is 446 g/mol. The first-order valence-electron chi connectivity index (χ1n) is 11.1. The number of hydrogen-bond donors (Lipinski definition) is 2. The predicted molar refractivity (Wildman–Crippen MR) is 126 cm³/mol. The van der Waals surface area contributed by atoms with E-state index in [0.29, 0.717) is 47.9 Å². The Balaban J connectivity index is 1.66. The van der Waals surface area contributed by atoms with Crippen LogP contribution < -0.4 is 20.3 Å². The lowest BCUT2D eigenvalue weighted by atomic mass is 9.97. The minimum absolute atomic E-state index is 0.179. The minimum Gasteiger partial charge on any atom is -0.497 e. The summed E-state index contributed by atoms with van der Waals surface area (Å²) < 4.78 is 5.27. The topological polar surface area (TPSA) is 105 Å². The van der Waals surface area contributed by atoms with Crippen molar-refractivity contribution in [2.45, 2.75) is 44.0 Å². The molecule has 0 spiro atoms. The molecule has 1 aromatic heterocycles. The van der Waals surface area contributed by atoms with Crippen LogP contribution in [0.3, 0.4) is 0 Å². The van der Waals surface area contributed by atoms with Crippen molar-refractivity contribution < 1.29 is 14.6 Å². The van der Waals surface area contributed by atoms with Crippen LogP contribution in [0.5, 0.6) is 5.75 Å². The van der Waals surface area contributed by atoms with Crippen LogP contribution in [0.25, 0.3) is 11.4 Å². The molecule has 1 aliphatic carbocycles.